The van der Waals surface area contributed by atoms with Gasteiger partial charge in [0.1, 0.15) is 0 Å². The Morgan fingerprint density at radius 2 is 2.20 bits per heavy atom. The van der Waals surface area contributed by atoms with Crippen LogP contribution >= 0.6 is 11.8 Å². The summed E-state index contributed by atoms with van der Waals surface area (Å²) in [7, 11) is 1.45. The second-order valence-corrected chi connectivity index (χ2v) is 5.05. The van der Waals surface area contributed by atoms with Crippen LogP contribution in [0.5, 0.6) is 11.5 Å². The Balaban J connectivity index is 2.26. The SMILES string of the molecule is COc1ccc(/C=C2\SC(=O)N(CCN)C2=O)cc1O. The average Bonchev–Trinajstić information content (AvgIpc) is 2.67. The molecule has 6 nitrogen and oxygen atoms in total. The molecular weight excluding hydrogens is 280 g/mol. The van der Waals surface area contributed by atoms with Crippen LogP contribution in [0.15, 0.2) is 23.1 Å². The van der Waals surface area contributed by atoms with E-state index in [1.807, 2.05) is 0 Å². The van der Waals surface area contributed by atoms with E-state index < -0.39 is 0 Å². The predicted molar refractivity (Wildman–Crippen MR) is 76.4 cm³/mol. The first-order chi connectivity index (χ1) is 9.56. The van der Waals surface area contributed by atoms with E-state index in [1.165, 1.54) is 13.2 Å². The smallest absolute Gasteiger partial charge is 0.293 e. The summed E-state index contributed by atoms with van der Waals surface area (Å²) < 4.78 is 4.94. The number of thioether (sulfide) groups is 1. The summed E-state index contributed by atoms with van der Waals surface area (Å²) in [5, 5.41) is 9.35. The summed E-state index contributed by atoms with van der Waals surface area (Å²) >= 11 is 0.862. The van der Waals surface area contributed by atoms with Gasteiger partial charge in [-0.05, 0) is 35.5 Å². The number of benzene rings is 1. The minimum atomic E-state index is -0.360. The molecule has 1 fully saturated rings. The number of phenols is 1. The second kappa shape index (κ2) is 5.98. The molecule has 106 valence electrons. The fraction of sp³-hybridized carbons (Fsp3) is 0.231. The highest BCUT2D eigenvalue weighted by Crippen LogP contribution is 2.33. The number of hydrogen-bond acceptors (Lipinski definition) is 6. The third-order valence-corrected chi connectivity index (χ3v) is 3.63. The zero-order valence-electron chi connectivity index (χ0n) is 10.8. The van der Waals surface area contributed by atoms with E-state index in [2.05, 4.69) is 0 Å². The Bertz CT molecular complexity index is 586. The molecule has 1 aromatic rings. The van der Waals surface area contributed by atoms with Crippen LogP contribution in [0.25, 0.3) is 6.08 Å². The lowest BCUT2D eigenvalue weighted by Gasteiger charge is -2.09. The van der Waals surface area contributed by atoms with Crippen molar-refractivity contribution in [3.63, 3.8) is 0 Å². The Labute approximate surface area is 120 Å². The van der Waals surface area contributed by atoms with Crippen molar-refractivity contribution in [3.8, 4) is 11.5 Å². The maximum atomic E-state index is 12.0. The number of aromatic hydroxyl groups is 1. The van der Waals surface area contributed by atoms with Gasteiger partial charge in [0.25, 0.3) is 11.1 Å². The highest BCUT2D eigenvalue weighted by atomic mass is 32.2. The van der Waals surface area contributed by atoms with Crippen LogP contribution in [0, 0.1) is 0 Å². The number of hydrogen-bond donors (Lipinski definition) is 2. The zero-order chi connectivity index (χ0) is 14.7. The molecule has 3 N–H and O–H groups in total. The molecule has 1 heterocycles. The van der Waals surface area contributed by atoms with Crippen LogP contribution in [0.1, 0.15) is 5.56 Å². The van der Waals surface area contributed by atoms with Crippen LogP contribution < -0.4 is 10.5 Å². The summed E-state index contributed by atoms with van der Waals surface area (Å²) in [5.41, 5.74) is 5.97. The summed E-state index contributed by atoms with van der Waals surface area (Å²) in [6.45, 7) is 0.435. The number of nitrogens with two attached hydrogens (primary N) is 1. The lowest BCUT2D eigenvalue weighted by molar-refractivity contribution is -0.122. The topological polar surface area (TPSA) is 92.9 Å². The summed E-state index contributed by atoms with van der Waals surface area (Å²) in [6.07, 6.45) is 1.56. The van der Waals surface area contributed by atoms with E-state index in [-0.39, 0.29) is 30.0 Å². The van der Waals surface area contributed by atoms with Crippen molar-refractivity contribution in [3.05, 3.63) is 28.7 Å². The van der Waals surface area contributed by atoms with Gasteiger partial charge in [-0.3, -0.25) is 14.5 Å². The molecule has 1 saturated heterocycles. The third kappa shape index (κ3) is 2.78. The molecule has 7 heteroatoms. The van der Waals surface area contributed by atoms with Crippen molar-refractivity contribution in [1.82, 2.24) is 4.90 Å². The third-order valence-electron chi connectivity index (χ3n) is 2.73. The molecule has 0 bridgehead atoms. The van der Waals surface area contributed by atoms with E-state index in [4.69, 9.17) is 10.5 Å². The molecule has 0 spiro atoms. The Hall–Kier alpha value is -1.99. The number of rotatable bonds is 4. The lowest BCUT2D eigenvalue weighted by Crippen LogP contribution is -2.33. The van der Waals surface area contributed by atoms with Crippen LogP contribution in [0.4, 0.5) is 4.79 Å². The van der Waals surface area contributed by atoms with E-state index in [1.54, 1.807) is 18.2 Å². The molecule has 2 amide bonds. The fourth-order valence-electron chi connectivity index (χ4n) is 1.77. The van der Waals surface area contributed by atoms with Crippen molar-refractivity contribution in [2.24, 2.45) is 5.73 Å². The predicted octanol–water partition coefficient (Wildman–Crippen LogP) is 1.40. The van der Waals surface area contributed by atoms with Gasteiger partial charge >= 0.3 is 0 Å². The quantitative estimate of drug-likeness (QED) is 0.815. The van der Waals surface area contributed by atoms with Crippen LogP contribution in [-0.4, -0.2) is 41.4 Å². The van der Waals surface area contributed by atoms with Gasteiger partial charge in [0, 0.05) is 13.1 Å². The maximum absolute atomic E-state index is 12.0. The summed E-state index contributed by atoms with van der Waals surface area (Å²) in [5.74, 6) is -0.0402. The Morgan fingerprint density at radius 1 is 1.45 bits per heavy atom. The number of carbonyl (C=O) groups excluding carboxylic acids is 2. The first kappa shape index (κ1) is 14.4. The summed E-state index contributed by atoms with van der Waals surface area (Å²) in [4.78, 5) is 25.1. The van der Waals surface area contributed by atoms with Crippen LogP contribution in [-0.2, 0) is 4.79 Å². The molecule has 0 atom stereocenters. The molecule has 1 aliphatic rings. The number of amides is 2. The molecule has 0 radical (unpaired) electrons. The van der Waals surface area contributed by atoms with Gasteiger partial charge in [-0.1, -0.05) is 6.07 Å². The standard InChI is InChI=1S/C13H14N2O4S/c1-19-10-3-2-8(6-9(10)16)7-11-12(17)15(5-4-14)13(18)20-11/h2-3,6-7,16H,4-5,14H2,1H3/b11-7-. The summed E-state index contributed by atoms with van der Waals surface area (Å²) in [6, 6.07) is 4.75. The van der Waals surface area contributed by atoms with Crippen molar-refractivity contribution < 1.29 is 19.4 Å². The first-order valence-corrected chi connectivity index (χ1v) is 6.71. The number of carbonyl (C=O) groups is 2. The van der Waals surface area contributed by atoms with E-state index in [0.717, 1.165) is 16.7 Å². The zero-order valence-corrected chi connectivity index (χ0v) is 11.6. The molecule has 0 unspecified atom stereocenters. The average molecular weight is 294 g/mol. The number of ether oxygens (including phenoxy) is 1. The van der Waals surface area contributed by atoms with Crippen molar-refractivity contribution in [1.29, 1.82) is 0 Å². The van der Waals surface area contributed by atoms with E-state index >= 15 is 0 Å². The van der Waals surface area contributed by atoms with Gasteiger partial charge in [0.15, 0.2) is 11.5 Å². The van der Waals surface area contributed by atoms with Crippen molar-refractivity contribution in [2.75, 3.05) is 20.2 Å². The minimum absolute atomic E-state index is 0.0255. The van der Waals surface area contributed by atoms with Gasteiger partial charge < -0.3 is 15.6 Å². The molecule has 20 heavy (non-hydrogen) atoms. The molecular formula is C13H14N2O4S. The molecule has 1 aromatic carbocycles. The molecule has 1 aliphatic heterocycles. The van der Waals surface area contributed by atoms with Gasteiger partial charge in [-0.25, -0.2) is 0 Å². The monoisotopic (exact) mass is 294 g/mol. The molecule has 0 saturated carbocycles. The normalized spacial score (nSPS) is 17.1. The highest BCUT2D eigenvalue weighted by molar-refractivity contribution is 8.18. The maximum Gasteiger partial charge on any atom is 0.293 e. The van der Waals surface area contributed by atoms with Gasteiger partial charge in [0.05, 0.1) is 12.0 Å². The minimum Gasteiger partial charge on any atom is -0.504 e. The molecule has 0 aromatic heterocycles. The lowest BCUT2D eigenvalue weighted by atomic mass is 10.2. The molecule has 0 aliphatic carbocycles. The van der Waals surface area contributed by atoms with Crippen LogP contribution in [0.2, 0.25) is 0 Å². The Morgan fingerprint density at radius 3 is 2.80 bits per heavy atom. The Kier molecular flexibility index (Phi) is 4.31. The van der Waals surface area contributed by atoms with E-state index in [0.29, 0.717) is 16.2 Å². The van der Waals surface area contributed by atoms with Crippen molar-refractivity contribution >= 4 is 29.0 Å². The van der Waals surface area contributed by atoms with E-state index in [9.17, 15) is 14.7 Å². The number of imide groups is 1. The number of methoxy groups -OCH3 is 1. The van der Waals surface area contributed by atoms with Gasteiger partial charge in [-0.2, -0.15) is 0 Å². The number of phenolic OH excluding ortho intramolecular Hbond substituents is 1. The first-order valence-electron chi connectivity index (χ1n) is 5.89. The second-order valence-electron chi connectivity index (χ2n) is 4.05. The largest absolute Gasteiger partial charge is 0.504 e. The van der Waals surface area contributed by atoms with Crippen LogP contribution in [0.3, 0.4) is 0 Å². The van der Waals surface area contributed by atoms with Crippen molar-refractivity contribution in [2.45, 2.75) is 0 Å². The number of nitrogens with zero attached hydrogens (tertiary/aromatic N) is 1. The highest BCUT2D eigenvalue weighted by Gasteiger charge is 2.34. The molecule has 2 rings (SSSR count). The van der Waals surface area contributed by atoms with Gasteiger partial charge in [-0.15, -0.1) is 0 Å². The fourth-order valence-corrected chi connectivity index (χ4v) is 2.64. The van der Waals surface area contributed by atoms with Gasteiger partial charge in [0.2, 0.25) is 0 Å².